The van der Waals surface area contributed by atoms with Crippen LogP contribution in [0.2, 0.25) is 0 Å². The zero-order valence-electron chi connectivity index (χ0n) is 11.8. The fourth-order valence-electron chi connectivity index (χ4n) is 2.08. The zero-order chi connectivity index (χ0) is 13.6. The highest BCUT2D eigenvalue weighted by Gasteiger charge is 2.17. The molecular formula is C13H26N2O3. The van der Waals surface area contributed by atoms with Crippen LogP contribution in [0, 0.1) is 0 Å². The second-order valence-electron chi connectivity index (χ2n) is 5.83. The van der Waals surface area contributed by atoms with Crippen molar-refractivity contribution in [3.63, 3.8) is 0 Å². The van der Waals surface area contributed by atoms with Gasteiger partial charge in [0.2, 0.25) is 0 Å². The third kappa shape index (κ3) is 6.93. The molecular weight excluding hydrogens is 232 g/mol. The minimum absolute atomic E-state index is 0.0822. The van der Waals surface area contributed by atoms with Crippen LogP contribution in [0.25, 0.3) is 0 Å². The molecule has 0 bridgehead atoms. The van der Waals surface area contributed by atoms with E-state index in [2.05, 4.69) is 25.7 Å². The topological polar surface area (TPSA) is 53.0 Å². The molecule has 1 aliphatic heterocycles. The monoisotopic (exact) mass is 258 g/mol. The van der Waals surface area contributed by atoms with E-state index in [-0.39, 0.29) is 12.1 Å². The van der Waals surface area contributed by atoms with Crippen molar-refractivity contribution in [3.8, 4) is 0 Å². The Morgan fingerprint density at radius 3 is 2.39 bits per heavy atom. The summed E-state index contributed by atoms with van der Waals surface area (Å²) < 4.78 is 5.71. The van der Waals surface area contributed by atoms with Gasteiger partial charge >= 0.3 is 5.97 Å². The number of hydrogen-bond donors (Lipinski definition) is 1. The molecule has 0 aromatic rings. The van der Waals surface area contributed by atoms with Gasteiger partial charge in [-0.25, -0.2) is 0 Å². The number of carbonyl (C=O) groups is 1. The average molecular weight is 258 g/mol. The second kappa shape index (κ2) is 7.07. The molecule has 1 heterocycles. The number of rotatable bonds is 5. The van der Waals surface area contributed by atoms with Crippen LogP contribution in [0.15, 0.2) is 0 Å². The van der Waals surface area contributed by atoms with E-state index >= 15 is 0 Å². The van der Waals surface area contributed by atoms with Gasteiger partial charge in [0.1, 0.15) is 0 Å². The normalized spacial score (nSPS) is 19.7. The summed E-state index contributed by atoms with van der Waals surface area (Å²) in [5.74, 6) is -0.737. The first-order valence-electron chi connectivity index (χ1n) is 6.67. The summed E-state index contributed by atoms with van der Waals surface area (Å²) in [6, 6.07) is 0. The predicted molar refractivity (Wildman–Crippen MR) is 70.8 cm³/mol. The summed E-state index contributed by atoms with van der Waals surface area (Å²) in [5.41, 5.74) is -0.0822. The summed E-state index contributed by atoms with van der Waals surface area (Å²) in [4.78, 5) is 15.0. The van der Waals surface area contributed by atoms with Crippen molar-refractivity contribution in [2.45, 2.75) is 32.8 Å². The predicted octanol–water partition coefficient (Wildman–Crippen LogP) is 0.894. The molecule has 5 heteroatoms. The highest BCUT2D eigenvalue weighted by Crippen LogP contribution is 2.07. The molecule has 1 N–H and O–H groups in total. The minimum atomic E-state index is -0.737. The second-order valence-corrected chi connectivity index (χ2v) is 5.83. The first-order valence-corrected chi connectivity index (χ1v) is 6.67. The molecule has 5 nitrogen and oxygen atoms in total. The van der Waals surface area contributed by atoms with Gasteiger partial charge in [-0.15, -0.1) is 0 Å². The van der Waals surface area contributed by atoms with E-state index in [1.807, 2.05) is 4.90 Å². The van der Waals surface area contributed by atoms with Crippen LogP contribution in [0.4, 0.5) is 0 Å². The van der Waals surface area contributed by atoms with Crippen LogP contribution >= 0.6 is 0 Å². The molecule has 0 aromatic heterocycles. The molecule has 1 fully saturated rings. The Morgan fingerprint density at radius 1 is 1.17 bits per heavy atom. The first-order chi connectivity index (χ1) is 8.37. The van der Waals surface area contributed by atoms with E-state index in [0.717, 1.165) is 45.8 Å². The Balaban J connectivity index is 2.23. The minimum Gasteiger partial charge on any atom is -0.480 e. The number of ether oxygens (including phenoxy) is 1. The Hall–Kier alpha value is -0.650. The summed E-state index contributed by atoms with van der Waals surface area (Å²) in [7, 11) is 0. The van der Waals surface area contributed by atoms with Gasteiger partial charge in [-0.2, -0.15) is 0 Å². The summed E-state index contributed by atoms with van der Waals surface area (Å²) in [6.45, 7) is 11.7. The molecule has 0 radical (unpaired) electrons. The lowest BCUT2D eigenvalue weighted by molar-refractivity contribution is -0.138. The third-order valence-corrected chi connectivity index (χ3v) is 2.98. The zero-order valence-corrected chi connectivity index (χ0v) is 11.8. The number of aliphatic carboxylic acids is 1. The van der Waals surface area contributed by atoms with Crippen molar-refractivity contribution in [1.82, 2.24) is 9.80 Å². The van der Waals surface area contributed by atoms with E-state index in [0.29, 0.717) is 0 Å². The lowest BCUT2D eigenvalue weighted by Crippen LogP contribution is -2.36. The molecule has 1 rings (SSSR count). The van der Waals surface area contributed by atoms with Gasteiger partial charge < -0.3 is 9.84 Å². The summed E-state index contributed by atoms with van der Waals surface area (Å²) in [6.07, 6.45) is 1.03. The maximum absolute atomic E-state index is 10.7. The largest absolute Gasteiger partial charge is 0.480 e. The summed E-state index contributed by atoms with van der Waals surface area (Å²) in [5, 5.41) is 8.78. The third-order valence-electron chi connectivity index (χ3n) is 2.98. The smallest absolute Gasteiger partial charge is 0.317 e. The van der Waals surface area contributed by atoms with E-state index < -0.39 is 5.97 Å². The molecule has 0 spiro atoms. The highest BCUT2D eigenvalue weighted by molar-refractivity contribution is 5.69. The number of carboxylic acids is 1. The molecule has 1 saturated heterocycles. The Morgan fingerprint density at radius 2 is 1.78 bits per heavy atom. The van der Waals surface area contributed by atoms with Gasteiger partial charge in [0.15, 0.2) is 0 Å². The SMILES string of the molecule is CC(C)(C)OCCN1CCCN(CC(=O)O)CC1. The molecule has 0 atom stereocenters. The highest BCUT2D eigenvalue weighted by atomic mass is 16.5. The first kappa shape index (κ1) is 15.4. The number of carboxylic acid groups (broad SMARTS) is 1. The molecule has 1 aliphatic rings. The van der Waals surface area contributed by atoms with Gasteiger partial charge in [-0.3, -0.25) is 14.6 Å². The average Bonchev–Trinajstić information content (AvgIpc) is 2.41. The quantitative estimate of drug-likeness (QED) is 0.794. The molecule has 0 aromatic carbocycles. The fourth-order valence-corrected chi connectivity index (χ4v) is 2.08. The van der Waals surface area contributed by atoms with Crippen molar-refractivity contribution >= 4 is 5.97 Å². The van der Waals surface area contributed by atoms with Crippen molar-refractivity contribution in [1.29, 1.82) is 0 Å². The Kier molecular flexibility index (Phi) is 6.05. The van der Waals surface area contributed by atoms with Gasteiger partial charge in [-0.05, 0) is 33.7 Å². The number of hydrogen-bond acceptors (Lipinski definition) is 4. The lowest BCUT2D eigenvalue weighted by atomic mass is 10.2. The van der Waals surface area contributed by atoms with Crippen molar-refractivity contribution in [2.24, 2.45) is 0 Å². The van der Waals surface area contributed by atoms with Gasteiger partial charge in [0.05, 0.1) is 18.8 Å². The van der Waals surface area contributed by atoms with Crippen molar-refractivity contribution in [3.05, 3.63) is 0 Å². The van der Waals surface area contributed by atoms with Gasteiger partial charge in [0, 0.05) is 26.2 Å². The van der Waals surface area contributed by atoms with Crippen LogP contribution in [-0.4, -0.2) is 72.4 Å². The Bertz CT molecular complexity index is 263. The number of nitrogens with zero attached hydrogens (tertiary/aromatic N) is 2. The van der Waals surface area contributed by atoms with Crippen LogP contribution in [0.5, 0.6) is 0 Å². The summed E-state index contributed by atoms with van der Waals surface area (Å²) >= 11 is 0. The van der Waals surface area contributed by atoms with E-state index in [1.165, 1.54) is 0 Å². The van der Waals surface area contributed by atoms with E-state index in [9.17, 15) is 4.79 Å². The molecule has 0 saturated carbocycles. The Labute approximate surface area is 110 Å². The molecule has 106 valence electrons. The molecule has 18 heavy (non-hydrogen) atoms. The molecule has 0 amide bonds. The van der Waals surface area contributed by atoms with Crippen LogP contribution < -0.4 is 0 Å². The maximum Gasteiger partial charge on any atom is 0.317 e. The van der Waals surface area contributed by atoms with Gasteiger partial charge in [0.25, 0.3) is 0 Å². The standard InChI is InChI=1S/C13H26N2O3/c1-13(2,3)18-10-9-14-5-4-6-15(8-7-14)11-12(16)17/h4-11H2,1-3H3,(H,16,17). The van der Waals surface area contributed by atoms with Gasteiger partial charge in [-0.1, -0.05) is 0 Å². The van der Waals surface area contributed by atoms with Crippen molar-refractivity contribution < 1.29 is 14.6 Å². The maximum atomic E-state index is 10.7. The van der Waals surface area contributed by atoms with Crippen LogP contribution in [0.1, 0.15) is 27.2 Å². The van der Waals surface area contributed by atoms with Crippen LogP contribution in [0.3, 0.4) is 0 Å². The fraction of sp³-hybridized carbons (Fsp3) is 0.923. The molecule has 0 unspecified atom stereocenters. The van der Waals surface area contributed by atoms with Crippen molar-refractivity contribution in [2.75, 3.05) is 45.9 Å². The van der Waals surface area contributed by atoms with Crippen LogP contribution in [-0.2, 0) is 9.53 Å². The van der Waals surface area contributed by atoms with E-state index in [1.54, 1.807) is 0 Å². The lowest BCUT2D eigenvalue weighted by Gasteiger charge is -2.24. The molecule has 0 aliphatic carbocycles. The van der Waals surface area contributed by atoms with E-state index in [4.69, 9.17) is 9.84 Å².